The first kappa shape index (κ1) is 16.2. The summed E-state index contributed by atoms with van der Waals surface area (Å²) in [6, 6.07) is 7.55. The van der Waals surface area contributed by atoms with Crippen LogP contribution in [0.3, 0.4) is 0 Å². The molecule has 0 bridgehead atoms. The fraction of sp³-hybridized carbons (Fsp3) is 0.250. The Labute approximate surface area is 128 Å². The van der Waals surface area contributed by atoms with Gasteiger partial charge in [0.15, 0.2) is 0 Å². The number of hydrazine groups is 1. The number of halogens is 2. The van der Waals surface area contributed by atoms with Gasteiger partial charge < -0.3 is 10.5 Å². The molecular formula is C16H19F2N3O. The maximum Gasteiger partial charge on any atom is 0.142 e. The summed E-state index contributed by atoms with van der Waals surface area (Å²) < 4.78 is 32.7. The zero-order chi connectivity index (χ0) is 16.1. The molecule has 0 atom stereocenters. The fourth-order valence-electron chi connectivity index (χ4n) is 2.42. The fourth-order valence-corrected chi connectivity index (χ4v) is 2.42. The average molecular weight is 307 g/mol. The van der Waals surface area contributed by atoms with E-state index in [1.165, 1.54) is 13.2 Å². The van der Waals surface area contributed by atoms with Crippen molar-refractivity contribution in [2.45, 2.75) is 12.8 Å². The van der Waals surface area contributed by atoms with Crippen molar-refractivity contribution in [3.05, 3.63) is 58.7 Å². The maximum atomic E-state index is 14.0. The molecule has 5 N–H and O–H groups in total. The van der Waals surface area contributed by atoms with E-state index in [1.807, 2.05) is 6.07 Å². The Kier molecular flexibility index (Phi) is 5.30. The van der Waals surface area contributed by atoms with Crippen molar-refractivity contribution < 1.29 is 13.5 Å². The number of hydrogen-bond donors (Lipinski definition) is 3. The van der Waals surface area contributed by atoms with Gasteiger partial charge in [-0.3, -0.25) is 11.3 Å². The number of methoxy groups -OCH3 is 1. The first-order valence-electron chi connectivity index (χ1n) is 6.88. The van der Waals surface area contributed by atoms with E-state index < -0.39 is 11.6 Å². The summed E-state index contributed by atoms with van der Waals surface area (Å²) in [6.07, 6.45) is 0.680. The third-order valence-corrected chi connectivity index (χ3v) is 3.53. The quantitative estimate of drug-likeness (QED) is 0.434. The van der Waals surface area contributed by atoms with Crippen molar-refractivity contribution in [2.24, 2.45) is 5.84 Å². The molecule has 118 valence electrons. The highest BCUT2D eigenvalue weighted by Crippen LogP contribution is 2.28. The van der Waals surface area contributed by atoms with Crippen LogP contribution in [0.2, 0.25) is 0 Å². The second kappa shape index (κ2) is 7.20. The minimum absolute atomic E-state index is 0.317. The number of hydrogen-bond acceptors (Lipinski definition) is 4. The molecule has 2 aromatic carbocycles. The van der Waals surface area contributed by atoms with Gasteiger partial charge in [0.25, 0.3) is 0 Å². The lowest BCUT2D eigenvalue weighted by atomic mass is 9.96. The van der Waals surface area contributed by atoms with Gasteiger partial charge in [0.2, 0.25) is 0 Å². The molecule has 0 aliphatic heterocycles. The SMILES string of the molecule is COc1cccc(Cc2cc(F)cc(F)c2CCNN)c1N. The van der Waals surface area contributed by atoms with Gasteiger partial charge in [-0.2, -0.15) is 0 Å². The Balaban J connectivity index is 2.40. The van der Waals surface area contributed by atoms with Crippen LogP contribution in [0.25, 0.3) is 0 Å². The summed E-state index contributed by atoms with van der Waals surface area (Å²) >= 11 is 0. The van der Waals surface area contributed by atoms with Gasteiger partial charge in [-0.15, -0.1) is 0 Å². The molecule has 0 unspecified atom stereocenters. The van der Waals surface area contributed by atoms with Crippen LogP contribution in [0, 0.1) is 11.6 Å². The number of ether oxygens (including phenoxy) is 1. The predicted molar refractivity (Wildman–Crippen MR) is 82.5 cm³/mol. The van der Waals surface area contributed by atoms with Crippen LogP contribution in [0.15, 0.2) is 30.3 Å². The van der Waals surface area contributed by atoms with Crippen LogP contribution in [0.1, 0.15) is 16.7 Å². The van der Waals surface area contributed by atoms with Crippen molar-refractivity contribution in [3.63, 3.8) is 0 Å². The monoisotopic (exact) mass is 307 g/mol. The molecule has 2 rings (SSSR count). The van der Waals surface area contributed by atoms with Crippen LogP contribution >= 0.6 is 0 Å². The minimum atomic E-state index is -0.613. The minimum Gasteiger partial charge on any atom is -0.495 e. The third kappa shape index (κ3) is 3.52. The van der Waals surface area contributed by atoms with Crippen LogP contribution in [-0.2, 0) is 12.8 Å². The molecule has 0 fully saturated rings. The standard InChI is InChI=1S/C16H19F2N3O/c1-22-15-4-2-3-10(16(15)19)7-11-8-12(17)9-14(18)13(11)5-6-21-20/h2-4,8-9,21H,5-7,19-20H2,1H3. The largest absolute Gasteiger partial charge is 0.495 e. The number of benzene rings is 2. The van der Waals surface area contributed by atoms with E-state index in [0.717, 1.165) is 11.6 Å². The highest BCUT2D eigenvalue weighted by atomic mass is 19.1. The van der Waals surface area contributed by atoms with E-state index in [0.29, 0.717) is 42.0 Å². The average Bonchev–Trinajstić information content (AvgIpc) is 2.48. The summed E-state index contributed by atoms with van der Waals surface area (Å²) in [6.45, 7) is 0.392. The molecule has 0 aliphatic carbocycles. The van der Waals surface area contributed by atoms with E-state index in [4.69, 9.17) is 16.3 Å². The van der Waals surface area contributed by atoms with Crippen molar-refractivity contribution in [1.29, 1.82) is 0 Å². The van der Waals surface area contributed by atoms with Crippen molar-refractivity contribution in [3.8, 4) is 5.75 Å². The molecule has 2 aromatic rings. The third-order valence-electron chi connectivity index (χ3n) is 3.53. The molecule has 0 aromatic heterocycles. The molecule has 0 saturated heterocycles. The van der Waals surface area contributed by atoms with Gasteiger partial charge in [0, 0.05) is 19.0 Å². The topological polar surface area (TPSA) is 73.3 Å². The van der Waals surface area contributed by atoms with Crippen LogP contribution < -0.4 is 21.7 Å². The first-order valence-corrected chi connectivity index (χ1v) is 6.88. The van der Waals surface area contributed by atoms with E-state index in [1.54, 1.807) is 12.1 Å². The Bertz CT molecular complexity index is 662. The number of rotatable bonds is 6. The van der Waals surface area contributed by atoms with Crippen LogP contribution in [0.4, 0.5) is 14.5 Å². The Morgan fingerprint density at radius 2 is 1.95 bits per heavy atom. The van der Waals surface area contributed by atoms with Crippen molar-refractivity contribution in [2.75, 3.05) is 19.4 Å². The van der Waals surface area contributed by atoms with E-state index in [-0.39, 0.29) is 0 Å². The van der Waals surface area contributed by atoms with Gasteiger partial charge in [0.05, 0.1) is 12.8 Å². The number of para-hydroxylation sites is 1. The zero-order valence-corrected chi connectivity index (χ0v) is 12.3. The summed E-state index contributed by atoms with van der Waals surface area (Å²) in [7, 11) is 1.52. The predicted octanol–water partition coefficient (Wildman–Crippen LogP) is 2.15. The number of nitrogens with two attached hydrogens (primary N) is 2. The molecule has 0 aliphatic rings. The summed E-state index contributed by atoms with van der Waals surface area (Å²) in [5.41, 5.74) is 10.7. The van der Waals surface area contributed by atoms with Gasteiger partial charge in [-0.05, 0) is 35.2 Å². The molecular weight excluding hydrogens is 288 g/mol. The van der Waals surface area contributed by atoms with Crippen molar-refractivity contribution >= 4 is 5.69 Å². The molecule has 22 heavy (non-hydrogen) atoms. The molecule has 4 nitrogen and oxygen atoms in total. The zero-order valence-electron chi connectivity index (χ0n) is 12.3. The second-order valence-corrected chi connectivity index (χ2v) is 4.94. The lowest BCUT2D eigenvalue weighted by Crippen LogP contribution is -2.25. The first-order chi connectivity index (χ1) is 10.6. The summed E-state index contributed by atoms with van der Waals surface area (Å²) in [4.78, 5) is 0. The molecule has 0 spiro atoms. The van der Waals surface area contributed by atoms with E-state index >= 15 is 0 Å². The number of nitrogens with one attached hydrogen (secondary N) is 1. The second-order valence-electron chi connectivity index (χ2n) is 4.94. The van der Waals surface area contributed by atoms with Gasteiger partial charge >= 0.3 is 0 Å². The highest BCUT2D eigenvalue weighted by Gasteiger charge is 2.14. The van der Waals surface area contributed by atoms with Crippen LogP contribution in [-0.4, -0.2) is 13.7 Å². The van der Waals surface area contributed by atoms with Gasteiger partial charge in [-0.1, -0.05) is 12.1 Å². The van der Waals surface area contributed by atoms with E-state index in [2.05, 4.69) is 5.43 Å². The Hall–Kier alpha value is -2.18. The number of nitrogen functional groups attached to an aromatic ring is 1. The Morgan fingerprint density at radius 1 is 1.18 bits per heavy atom. The molecule has 0 saturated carbocycles. The Morgan fingerprint density at radius 3 is 2.64 bits per heavy atom. The lowest BCUT2D eigenvalue weighted by Gasteiger charge is -2.14. The van der Waals surface area contributed by atoms with Crippen LogP contribution in [0.5, 0.6) is 5.75 Å². The molecule has 0 amide bonds. The smallest absolute Gasteiger partial charge is 0.142 e. The lowest BCUT2D eigenvalue weighted by molar-refractivity contribution is 0.416. The summed E-state index contributed by atoms with van der Waals surface area (Å²) in [5, 5.41) is 0. The molecule has 0 heterocycles. The van der Waals surface area contributed by atoms with Crippen molar-refractivity contribution in [1.82, 2.24) is 5.43 Å². The number of anilines is 1. The maximum absolute atomic E-state index is 14.0. The highest BCUT2D eigenvalue weighted by molar-refractivity contribution is 5.59. The molecule has 6 heteroatoms. The molecule has 0 radical (unpaired) electrons. The van der Waals surface area contributed by atoms with Gasteiger partial charge in [0.1, 0.15) is 17.4 Å². The normalized spacial score (nSPS) is 10.7. The van der Waals surface area contributed by atoms with E-state index in [9.17, 15) is 8.78 Å². The van der Waals surface area contributed by atoms with Gasteiger partial charge in [-0.25, -0.2) is 8.78 Å². The summed E-state index contributed by atoms with van der Waals surface area (Å²) in [5.74, 6) is 4.59.